The Morgan fingerprint density at radius 2 is 1.84 bits per heavy atom. The number of halogens is 2. The van der Waals surface area contributed by atoms with Gasteiger partial charge in [-0.2, -0.15) is 0 Å². The first-order valence-electron chi connectivity index (χ1n) is 5.22. The maximum absolute atomic E-state index is 12.2. The summed E-state index contributed by atoms with van der Waals surface area (Å²) in [6, 6.07) is 11.3. The third kappa shape index (κ3) is 3.31. The molecule has 0 amide bonds. The largest absolute Gasteiger partial charge is 0.398 e. The molecule has 0 atom stereocenters. The third-order valence-electron chi connectivity index (χ3n) is 2.38. The fourth-order valence-electron chi connectivity index (χ4n) is 1.50. The van der Waals surface area contributed by atoms with Crippen molar-refractivity contribution in [3.63, 3.8) is 0 Å². The highest BCUT2D eigenvalue weighted by Gasteiger charge is 2.18. The smallest absolute Gasteiger partial charge is 0.263 e. The van der Waals surface area contributed by atoms with E-state index in [0.717, 1.165) is 3.57 Å². The van der Waals surface area contributed by atoms with Gasteiger partial charge in [-0.15, -0.1) is 0 Å². The highest BCUT2D eigenvalue weighted by molar-refractivity contribution is 14.1. The van der Waals surface area contributed by atoms with E-state index in [-0.39, 0.29) is 10.6 Å². The Labute approximate surface area is 130 Å². The number of anilines is 2. The molecule has 0 bridgehead atoms. The zero-order valence-electron chi connectivity index (χ0n) is 9.60. The van der Waals surface area contributed by atoms with Crippen LogP contribution in [0, 0.1) is 3.57 Å². The lowest BCUT2D eigenvalue weighted by molar-refractivity contribution is 0.601. The Kier molecular flexibility index (Phi) is 4.22. The number of sulfonamides is 1. The lowest BCUT2D eigenvalue weighted by atomic mass is 10.3. The van der Waals surface area contributed by atoms with Gasteiger partial charge in [0, 0.05) is 3.57 Å². The molecule has 0 saturated heterocycles. The Bertz CT molecular complexity index is 719. The zero-order chi connectivity index (χ0) is 14.0. The van der Waals surface area contributed by atoms with Crippen molar-refractivity contribution in [1.82, 2.24) is 0 Å². The summed E-state index contributed by atoms with van der Waals surface area (Å²) in [5, 5.41) is 0.338. The lowest BCUT2D eigenvalue weighted by Gasteiger charge is -2.11. The second-order valence-corrected chi connectivity index (χ2v) is 7.07. The fourth-order valence-corrected chi connectivity index (χ4v) is 3.67. The molecule has 0 aliphatic heterocycles. The molecule has 19 heavy (non-hydrogen) atoms. The molecule has 0 radical (unpaired) electrons. The summed E-state index contributed by atoms with van der Waals surface area (Å²) in [7, 11) is -3.74. The molecule has 2 rings (SSSR count). The molecule has 0 fully saturated rings. The molecule has 3 N–H and O–H groups in total. The normalized spacial score (nSPS) is 11.3. The summed E-state index contributed by atoms with van der Waals surface area (Å²) >= 11 is 8.09. The molecule has 0 aromatic heterocycles. The fraction of sp³-hybridized carbons (Fsp3) is 0. The van der Waals surface area contributed by atoms with Crippen molar-refractivity contribution in [2.24, 2.45) is 0 Å². The molecule has 7 heteroatoms. The second kappa shape index (κ2) is 5.56. The maximum Gasteiger partial charge on any atom is 0.263 e. The number of hydrogen-bond acceptors (Lipinski definition) is 3. The summed E-state index contributed by atoms with van der Waals surface area (Å²) in [6.07, 6.45) is 0. The summed E-state index contributed by atoms with van der Waals surface area (Å²) in [5.74, 6) is 0. The van der Waals surface area contributed by atoms with Crippen LogP contribution in [0.1, 0.15) is 0 Å². The van der Waals surface area contributed by atoms with E-state index < -0.39 is 10.0 Å². The number of nitrogen functional groups attached to an aromatic ring is 1. The first kappa shape index (κ1) is 14.4. The minimum absolute atomic E-state index is 0.0321. The lowest BCUT2D eigenvalue weighted by Crippen LogP contribution is -2.15. The molecule has 4 nitrogen and oxygen atoms in total. The molecule has 0 aliphatic rings. The number of nitrogens with two attached hydrogens (primary N) is 1. The molecule has 0 heterocycles. The Morgan fingerprint density at radius 3 is 2.47 bits per heavy atom. The van der Waals surface area contributed by atoms with Gasteiger partial charge in [0.25, 0.3) is 10.0 Å². The monoisotopic (exact) mass is 408 g/mol. The SMILES string of the molecule is Nc1ccccc1S(=O)(=O)Nc1ccc(I)cc1Cl. The number of hydrogen-bond donors (Lipinski definition) is 2. The molecule has 100 valence electrons. The van der Waals surface area contributed by atoms with Gasteiger partial charge >= 0.3 is 0 Å². The van der Waals surface area contributed by atoms with E-state index in [4.69, 9.17) is 17.3 Å². The molecule has 0 saturated carbocycles. The summed E-state index contributed by atoms with van der Waals surface area (Å²) in [5.41, 5.74) is 6.18. The highest BCUT2D eigenvalue weighted by atomic mass is 127. The van der Waals surface area contributed by atoms with Crippen LogP contribution in [0.4, 0.5) is 11.4 Å². The van der Waals surface area contributed by atoms with E-state index in [1.165, 1.54) is 12.1 Å². The first-order chi connectivity index (χ1) is 8.90. The highest BCUT2D eigenvalue weighted by Crippen LogP contribution is 2.27. The van der Waals surface area contributed by atoms with Crippen LogP contribution < -0.4 is 10.5 Å². The van der Waals surface area contributed by atoms with Gasteiger partial charge in [-0.3, -0.25) is 4.72 Å². The van der Waals surface area contributed by atoms with E-state index in [1.807, 2.05) is 0 Å². The minimum Gasteiger partial charge on any atom is -0.398 e. The van der Waals surface area contributed by atoms with E-state index >= 15 is 0 Å². The van der Waals surface area contributed by atoms with Crippen LogP contribution in [0.15, 0.2) is 47.4 Å². The van der Waals surface area contributed by atoms with Crippen LogP contribution in [0.3, 0.4) is 0 Å². The number of para-hydroxylation sites is 1. The minimum atomic E-state index is -3.74. The van der Waals surface area contributed by atoms with Crippen LogP contribution in [0.5, 0.6) is 0 Å². The maximum atomic E-state index is 12.2. The summed E-state index contributed by atoms with van der Waals surface area (Å²) in [6.45, 7) is 0. The van der Waals surface area contributed by atoms with Crippen LogP contribution in [0.2, 0.25) is 5.02 Å². The predicted octanol–water partition coefficient (Wildman–Crippen LogP) is 3.33. The topological polar surface area (TPSA) is 72.2 Å². The van der Waals surface area contributed by atoms with Gasteiger partial charge < -0.3 is 5.73 Å². The Morgan fingerprint density at radius 1 is 1.16 bits per heavy atom. The summed E-state index contributed by atoms with van der Waals surface area (Å²) < 4.78 is 27.8. The average Bonchev–Trinajstić information content (AvgIpc) is 2.33. The van der Waals surface area contributed by atoms with Crippen LogP contribution >= 0.6 is 34.2 Å². The third-order valence-corrected chi connectivity index (χ3v) is 4.81. The molecule has 0 spiro atoms. The van der Waals surface area contributed by atoms with Gasteiger partial charge in [0.05, 0.1) is 16.4 Å². The van der Waals surface area contributed by atoms with Crippen molar-refractivity contribution >= 4 is 55.6 Å². The number of rotatable bonds is 3. The van der Waals surface area contributed by atoms with Gasteiger partial charge in [0.1, 0.15) is 4.90 Å². The Hall–Kier alpha value is -0.990. The van der Waals surface area contributed by atoms with Crippen molar-refractivity contribution in [3.8, 4) is 0 Å². The average molecular weight is 409 g/mol. The Balaban J connectivity index is 2.40. The van der Waals surface area contributed by atoms with Crippen LogP contribution in [0.25, 0.3) is 0 Å². The molecule has 0 unspecified atom stereocenters. The van der Waals surface area contributed by atoms with E-state index in [1.54, 1.807) is 30.3 Å². The standard InChI is InChI=1S/C12H10ClIN2O2S/c13-9-7-8(14)5-6-11(9)16-19(17,18)12-4-2-1-3-10(12)15/h1-7,16H,15H2. The predicted molar refractivity (Wildman–Crippen MR) is 85.8 cm³/mol. The molecular weight excluding hydrogens is 399 g/mol. The van der Waals surface area contributed by atoms with Gasteiger partial charge in [-0.1, -0.05) is 23.7 Å². The quantitative estimate of drug-likeness (QED) is 0.604. The first-order valence-corrected chi connectivity index (χ1v) is 8.16. The zero-order valence-corrected chi connectivity index (χ0v) is 13.3. The molecular formula is C12H10ClIN2O2S. The molecule has 2 aromatic rings. The summed E-state index contributed by atoms with van der Waals surface area (Å²) in [4.78, 5) is 0.0321. The van der Waals surface area contributed by atoms with E-state index in [0.29, 0.717) is 10.7 Å². The van der Waals surface area contributed by atoms with Gasteiger partial charge in [0.2, 0.25) is 0 Å². The van der Waals surface area contributed by atoms with Gasteiger partial charge in [0.15, 0.2) is 0 Å². The van der Waals surface area contributed by atoms with Crippen LogP contribution in [-0.4, -0.2) is 8.42 Å². The molecule has 0 aliphatic carbocycles. The van der Waals surface area contributed by atoms with Gasteiger partial charge in [-0.05, 0) is 52.9 Å². The van der Waals surface area contributed by atoms with Crippen LogP contribution in [-0.2, 0) is 10.0 Å². The second-order valence-electron chi connectivity index (χ2n) is 3.77. The van der Waals surface area contributed by atoms with Crippen molar-refractivity contribution in [3.05, 3.63) is 51.1 Å². The van der Waals surface area contributed by atoms with E-state index in [9.17, 15) is 8.42 Å². The van der Waals surface area contributed by atoms with Crippen molar-refractivity contribution in [1.29, 1.82) is 0 Å². The van der Waals surface area contributed by atoms with Gasteiger partial charge in [-0.25, -0.2) is 8.42 Å². The van der Waals surface area contributed by atoms with Crippen molar-refractivity contribution in [2.45, 2.75) is 4.90 Å². The molecule has 2 aromatic carbocycles. The van der Waals surface area contributed by atoms with Crippen molar-refractivity contribution in [2.75, 3.05) is 10.5 Å². The number of nitrogens with one attached hydrogen (secondary N) is 1. The van der Waals surface area contributed by atoms with Crippen molar-refractivity contribution < 1.29 is 8.42 Å². The van der Waals surface area contributed by atoms with E-state index in [2.05, 4.69) is 27.3 Å². The number of benzene rings is 2.